The van der Waals surface area contributed by atoms with Crippen LogP contribution in [-0.2, 0) is 28.4 Å². The summed E-state index contributed by atoms with van der Waals surface area (Å²) in [6.07, 6.45) is 0.599. The third kappa shape index (κ3) is 4.49. The van der Waals surface area contributed by atoms with E-state index in [9.17, 15) is 14.4 Å². The molecule has 0 amide bonds. The molecule has 3 aromatic rings. The van der Waals surface area contributed by atoms with Crippen LogP contribution in [0.2, 0.25) is 5.02 Å². The minimum atomic E-state index is -1.19. The van der Waals surface area contributed by atoms with Gasteiger partial charge in [0, 0.05) is 17.9 Å². The molecular formula is C25H27ClN4O4S. The Labute approximate surface area is 211 Å². The number of aliphatic hydroxyl groups is 2. The largest absolute Gasteiger partial charge is 0.495 e. The number of halogens is 1. The van der Waals surface area contributed by atoms with Gasteiger partial charge < -0.3 is 25.2 Å². The van der Waals surface area contributed by atoms with Crippen LogP contribution < -0.4 is 15.0 Å². The minimum absolute atomic E-state index is 0.297. The van der Waals surface area contributed by atoms with Crippen LogP contribution in [0.1, 0.15) is 30.7 Å². The zero-order valence-corrected chi connectivity index (χ0v) is 21.3. The van der Waals surface area contributed by atoms with E-state index in [0.717, 1.165) is 16.9 Å². The van der Waals surface area contributed by atoms with Crippen molar-refractivity contribution in [2.75, 3.05) is 36.2 Å². The molecule has 3 N–H and O–H groups in total. The summed E-state index contributed by atoms with van der Waals surface area (Å²) in [6, 6.07) is 12.7. The molecule has 1 aromatic heterocycles. The van der Waals surface area contributed by atoms with Crippen molar-refractivity contribution in [1.29, 1.82) is 0 Å². The lowest BCUT2D eigenvalue weighted by Crippen LogP contribution is -2.60. The van der Waals surface area contributed by atoms with E-state index >= 15 is 0 Å². The fraction of sp³-hybridized carbons (Fsp3) is 0.360. The van der Waals surface area contributed by atoms with E-state index in [1.807, 2.05) is 29.2 Å². The summed E-state index contributed by atoms with van der Waals surface area (Å²) in [6.45, 7) is 4.04. The van der Waals surface area contributed by atoms with Crippen molar-refractivity contribution in [1.82, 2.24) is 9.97 Å². The average molecular weight is 515 g/mol. The number of ether oxygens (including phenoxy) is 1. The van der Waals surface area contributed by atoms with E-state index in [0.29, 0.717) is 58.3 Å². The number of aryl methyl sites for hydroxylation is 1. The number of benzene rings is 2. The second-order valence-corrected chi connectivity index (χ2v) is 11.4. The van der Waals surface area contributed by atoms with Gasteiger partial charge in [-0.2, -0.15) is 4.98 Å². The molecule has 10 heteroatoms. The van der Waals surface area contributed by atoms with Crippen LogP contribution >= 0.6 is 11.6 Å². The second kappa shape index (κ2) is 8.74. The number of nitrogens with zero attached hydrogens (tertiary/aromatic N) is 3. The predicted octanol–water partition coefficient (Wildman–Crippen LogP) is 3.48. The molecule has 0 bridgehead atoms. The Morgan fingerprint density at radius 3 is 2.66 bits per heavy atom. The predicted molar refractivity (Wildman–Crippen MR) is 136 cm³/mol. The van der Waals surface area contributed by atoms with E-state index in [1.54, 1.807) is 39.2 Å². The Kier molecular flexibility index (Phi) is 5.99. The third-order valence-electron chi connectivity index (χ3n) is 6.38. The van der Waals surface area contributed by atoms with Crippen molar-refractivity contribution in [3.8, 4) is 5.75 Å². The van der Waals surface area contributed by atoms with E-state index in [-0.39, 0.29) is 0 Å². The SMILES string of the molecule is COc1ccc(C2(O)CN(c3nc4c(c(Nc5cccc(C(C)(C)O)c5)n3)S(=O)CC4)C2)cc1Cl. The first-order chi connectivity index (χ1) is 16.6. The van der Waals surface area contributed by atoms with E-state index in [4.69, 9.17) is 21.3 Å². The highest BCUT2D eigenvalue weighted by molar-refractivity contribution is 7.85. The topological polar surface area (TPSA) is 108 Å². The van der Waals surface area contributed by atoms with Gasteiger partial charge in [0.2, 0.25) is 5.95 Å². The van der Waals surface area contributed by atoms with Crippen LogP contribution in [-0.4, -0.2) is 50.3 Å². The van der Waals surface area contributed by atoms with Crippen molar-refractivity contribution >= 4 is 39.9 Å². The quantitative estimate of drug-likeness (QED) is 0.459. The monoisotopic (exact) mass is 514 g/mol. The Morgan fingerprint density at radius 1 is 1.20 bits per heavy atom. The van der Waals surface area contributed by atoms with Gasteiger partial charge in [0.15, 0.2) is 5.82 Å². The van der Waals surface area contributed by atoms with E-state index in [2.05, 4.69) is 10.3 Å². The molecule has 35 heavy (non-hydrogen) atoms. The maximum Gasteiger partial charge on any atom is 0.227 e. The van der Waals surface area contributed by atoms with Gasteiger partial charge in [-0.1, -0.05) is 29.8 Å². The van der Waals surface area contributed by atoms with Crippen molar-refractivity contribution < 1.29 is 19.2 Å². The number of rotatable bonds is 6. The maximum absolute atomic E-state index is 12.7. The molecule has 0 saturated carbocycles. The lowest BCUT2D eigenvalue weighted by molar-refractivity contribution is 0.00648. The zero-order valence-electron chi connectivity index (χ0n) is 19.7. The van der Waals surface area contributed by atoms with E-state index in [1.165, 1.54) is 0 Å². The first kappa shape index (κ1) is 24.0. The molecule has 1 unspecified atom stereocenters. The fourth-order valence-electron chi connectivity index (χ4n) is 4.39. The van der Waals surface area contributed by atoms with Gasteiger partial charge in [0.05, 0.1) is 47.3 Å². The third-order valence-corrected chi connectivity index (χ3v) is 8.14. The van der Waals surface area contributed by atoms with Crippen LogP contribution in [0.15, 0.2) is 47.4 Å². The molecule has 0 radical (unpaired) electrons. The van der Waals surface area contributed by atoms with Crippen LogP contribution in [0.3, 0.4) is 0 Å². The average Bonchev–Trinajstić information content (AvgIpc) is 3.17. The van der Waals surface area contributed by atoms with Gasteiger partial charge >= 0.3 is 0 Å². The molecule has 2 aliphatic heterocycles. The molecule has 1 saturated heterocycles. The summed E-state index contributed by atoms with van der Waals surface area (Å²) in [4.78, 5) is 11.9. The summed E-state index contributed by atoms with van der Waals surface area (Å²) < 4.78 is 17.9. The molecule has 5 rings (SSSR count). The van der Waals surface area contributed by atoms with Crippen molar-refractivity contribution in [2.45, 2.75) is 36.4 Å². The summed E-state index contributed by atoms with van der Waals surface area (Å²) in [5, 5.41) is 25.3. The van der Waals surface area contributed by atoms with E-state index < -0.39 is 22.0 Å². The molecule has 2 aliphatic rings. The number of methoxy groups -OCH3 is 1. The zero-order chi connectivity index (χ0) is 25.0. The van der Waals surface area contributed by atoms with Gasteiger partial charge in [-0.3, -0.25) is 4.21 Å². The highest BCUT2D eigenvalue weighted by Gasteiger charge is 2.45. The van der Waals surface area contributed by atoms with Crippen LogP contribution in [0, 0.1) is 0 Å². The van der Waals surface area contributed by atoms with Gasteiger partial charge in [-0.05, 0) is 49.2 Å². The van der Waals surface area contributed by atoms with Crippen molar-refractivity contribution in [2.24, 2.45) is 0 Å². The Hall–Kier alpha value is -2.72. The summed E-state index contributed by atoms with van der Waals surface area (Å²) in [7, 11) is 0.354. The Morgan fingerprint density at radius 2 is 1.97 bits per heavy atom. The maximum atomic E-state index is 12.7. The fourth-order valence-corrected chi connectivity index (χ4v) is 5.95. The summed E-state index contributed by atoms with van der Waals surface area (Å²) in [5.74, 6) is 2.00. The minimum Gasteiger partial charge on any atom is -0.495 e. The lowest BCUT2D eigenvalue weighted by atomic mass is 9.86. The molecule has 8 nitrogen and oxygen atoms in total. The molecule has 0 aliphatic carbocycles. The van der Waals surface area contributed by atoms with Gasteiger partial charge in [-0.25, -0.2) is 4.98 Å². The van der Waals surface area contributed by atoms with Gasteiger partial charge in [0.25, 0.3) is 0 Å². The van der Waals surface area contributed by atoms with Gasteiger partial charge in [-0.15, -0.1) is 0 Å². The first-order valence-corrected chi connectivity index (χ1v) is 13.0. The number of β-amino-alcohol motifs (C(OH)–C–C–N with tert-alkyl or cyclic N) is 1. The Bertz CT molecular complexity index is 1320. The number of hydrogen-bond donors (Lipinski definition) is 3. The first-order valence-electron chi connectivity index (χ1n) is 11.3. The normalized spacial score (nSPS) is 18.7. The molecule has 184 valence electrons. The number of hydrogen-bond acceptors (Lipinski definition) is 8. The number of fused-ring (bicyclic) bond motifs is 1. The summed E-state index contributed by atoms with van der Waals surface area (Å²) in [5.41, 5.74) is 0.844. The smallest absolute Gasteiger partial charge is 0.227 e. The molecular weight excluding hydrogens is 488 g/mol. The van der Waals surface area contributed by atoms with Crippen molar-refractivity contribution in [3.05, 3.63) is 64.3 Å². The van der Waals surface area contributed by atoms with Crippen LogP contribution in [0.4, 0.5) is 17.5 Å². The molecule has 2 aromatic carbocycles. The standard InChI is InChI=1S/C25H27ClN4O4S/c1-24(2,31)15-5-4-6-17(11-15)27-22-21-19(9-10-35(21)33)28-23(29-22)30-13-25(32,14-30)16-7-8-20(34-3)18(26)12-16/h4-8,11-12,31-32H,9-10,13-14H2,1-3H3,(H,27,28,29). The summed E-state index contributed by atoms with van der Waals surface area (Å²) >= 11 is 6.26. The molecule has 1 fully saturated rings. The number of nitrogens with one attached hydrogen (secondary N) is 1. The molecule has 3 heterocycles. The van der Waals surface area contributed by atoms with Gasteiger partial charge in [0.1, 0.15) is 16.2 Å². The lowest BCUT2D eigenvalue weighted by Gasteiger charge is -2.47. The highest BCUT2D eigenvalue weighted by atomic mass is 35.5. The number of aromatic nitrogens is 2. The Balaban J connectivity index is 1.43. The van der Waals surface area contributed by atoms with Crippen LogP contribution in [0.5, 0.6) is 5.75 Å². The molecule has 0 spiro atoms. The van der Waals surface area contributed by atoms with Crippen molar-refractivity contribution in [3.63, 3.8) is 0 Å². The highest BCUT2D eigenvalue weighted by Crippen LogP contribution is 2.39. The second-order valence-electron chi connectivity index (χ2n) is 9.45. The molecule has 1 atom stereocenters. The number of anilines is 3. The van der Waals surface area contributed by atoms with Crippen LogP contribution in [0.25, 0.3) is 0 Å².